The van der Waals surface area contributed by atoms with E-state index in [9.17, 15) is 4.79 Å². The maximum absolute atomic E-state index is 12.6. The van der Waals surface area contributed by atoms with Crippen molar-refractivity contribution in [3.8, 4) is 28.1 Å². The van der Waals surface area contributed by atoms with E-state index in [2.05, 4.69) is 11.9 Å². The number of hydrogen-bond acceptors (Lipinski definition) is 5. The van der Waals surface area contributed by atoms with Gasteiger partial charge < -0.3 is 15.8 Å². The average molecular weight is 416 g/mol. The lowest BCUT2D eigenvalue weighted by molar-refractivity contribution is 0.0963. The Morgan fingerprint density at radius 1 is 1.17 bits per heavy atom. The predicted octanol–water partition coefficient (Wildman–Crippen LogP) is 5.14. The van der Waals surface area contributed by atoms with E-state index >= 15 is 0 Å². The van der Waals surface area contributed by atoms with Gasteiger partial charge in [0.15, 0.2) is 0 Å². The second kappa shape index (κ2) is 8.39. The number of pyridine rings is 1. The molecule has 0 unspecified atom stereocenters. The van der Waals surface area contributed by atoms with Gasteiger partial charge in [-0.2, -0.15) is 0 Å². The van der Waals surface area contributed by atoms with Gasteiger partial charge in [-0.15, -0.1) is 17.9 Å². The number of fused-ring (bicyclic) bond motifs is 1. The fraction of sp³-hybridized carbons (Fsp3) is 0.0833. The summed E-state index contributed by atoms with van der Waals surface area (Å²) in [7, 11) is 1.64. The molecule has 0 bridgehead atoms. The summed E-state index contributed by atoms with van der Waals surface area (Å²) in [4.78, 5) is 18.6. The summed E-state index contributed by atoms with van der Waals surface area (Å²) < 4.78 is 5.29. The number of amides is 1. The molecule has 0 aliphatic rings. The number of rotatable bonds is 6. The monoisotopic (exact) mass is 415 g/mol. The lowest BCUT2D eigenvalue weighted by Gasteiger charge is -2.09. The molecule has 2 aromatic heterocycles. The molecular formula is C24H21N3O2S. The van der Waals surface area contributed by atoms with Gasteiger partial charge in [0.25, 0.3) is 5.91 Å². The fourth-order valence-corrected chi connectivity index (χ4v) is 4.33. The number of nitrogen functional groups attached to an aromatic ring is 1. The van der Waals surface area contributed by atoms with Gasteiger partial charge in [-0.3, -0.25) is 4.79 Å². The molecule has 4 aromatic rings. The molecule has 150 valence electrons. The summed E-state index contributed by atoms with van der Waals surface area (Å²) in [6.45, 7) is 4.01. The first-order chi connectivity index (χ1) is 14.6. The van der Waals surface area contributed by atoms with Crippen LogP contribution in [0.15, 0.2) is 73.3 Å². The number of ether oxygens (including phenoxy) is 1. The molecule has 0 atom stereocenters. The summed E-state index contributed by atoms with van der Waals surface area (Å²) in [5, 5.41) is 3.59. The largest absolute Gasteiger partial charge is 0.497 e. The number of thiophene rings is 1. The van der Waals surface area contributed by atoms with Gasteiger partial charge in [0, 0.05) is 17.5 Å². The lowest BCUT2D eigenvalue weighted by Crippen LogP contribution is -2.22. The second-order valence-corrected chi connectivity index (χ2v) is 7.67. The summed E-state index contributed by atoms with van der Waals surface area (Å²) >= 11 is 1.30. The van der Waals surface area contributed by atoms with Crippen LogP contribution in [0.25, 0.3) is 32.6 Å². The number of nitrogens with zero attached hydrogens (tertiary/aromatic N) is 1. The van der Waals surface area contributed by atoms with Crippen molar-refractivity contribution in [2.75, 3.05) is 19.4 Å². The quantitative estimate of drug-likeness (QED) is 0.428. The van der Waals surface area contributed by atoms with E-state index in [4.69, 9.17) is 15.5 Å². The van der Waals surface area contributed by atoms with Crippen LogP contribution in [-0.4, -0.2) is 24.5 Å². The van der Waals surface area contributed by atoms with Gasteiger partial charge in [-0.05, 0) is 29.3 Å². The molecule has 3 N–H and O–H groups in total. The van der Waals surface area contributed by atoms with Crippen molar-refractivity contribution in [2.24, 2.45) is 0 Å². The third-order valence-corrected chi connectivity index (χ3v) is 5.88. The summed E-state index contributed by atoms with van der Waals surface area (Å²) in [5.74, 6) is 0.549. The number of aromatic nitrogens is 1. The number of benzene rings is 2. The fourth-order valence-electron chi connectivity index (χ4n) is 3.29. The van der Waals surface area contributed by atoms with Crippen LogP contribution in [0.4, 0.5) is 5.69 Å². The number of hydrogen-bond donors (Lipinski definition) is 2. The van der Waals surface area contributed by atoms with Crippen molar-refractivity contribution >= 4 is 33.1 Å². The molecule has 0 saturated carbocycles. The zero-order chi connectivity index (χ0) is 21.1. The van der Waals surface area contributed by atoms with E-state index in [1.54, 1.807) is 13.2 Å². The maximum atomic E-state index is 12.6. The molecule has 0 aliphatic carbocycles. The minimum absolute atomic E-state index is 0.225. The highest BCUT2D eigenvalue weighted by Crippen LogP contribution is 2.41. The number of anilines is 1. The Morgan fingerprint density at radius 3 is 2.57 bits per heavy atom. The Hall–Kier alpha value is -3.64. The molecule has 0 spiro atoms. The number of nitrogens with one attached hydrogen (secondary N) is 1. The molecule has 5 nitrogen and oxygen atoms in total. The SMILES string of the molecule is C=CCNC(=O)c1sc2nc(-c3ccccc3)cc(-c3ccc(OC)cc3)c2c1N. The van der Waals surface area contributed by atoms with E-state index in [-0.39, 0.29) is 5.91 Å². The van der Waals surface area contributed by atoms with Gasteiger partial charge in [0.05, 0.1) is 18.5 Å². The van der Waals surface area contributed by atoms with Gasteiger partial charge in [-0.1, -0.05) is 48.5 Å². The topological polar surface area (TPSA) is 77.2 Å². The summed E-state index contributed by atoms with van der Waals surface area (Å²) in [6, 6.07) is 19.8. The molecule has 6 heteroatoms. The maximum Gasteiger partial charge on any atom is 0.263 e. The van der Waals surface area contributed by atoms with E-state index in [1.807, 2.05) is 60.7 Å². The Kier molecular flexibility index (Phi) is 5.50. The van der Waals surface area contributed by atoms with Crippen LogP contribution in [-0.2, 0) is 0 Å². The van der Waals surface area contributed by atoms with Crippen molar-refractivity contribution in [2.45, 2.75) is 0 Å². The first-order valence-electron chi connectivity index (χ1n) is 9.44. The molecule has 0 fully saturated rings. The van der Waals surface area contributed by atoms with Crippen LogP contribution >= 0.6 is 11.3 Å². The molecule has 1 amide bonds. The van der Waals surface area contributed by atoms with Gasteiger partial charge in [0.2, 0.25) is 0 Å². The lowest BCUT2D eigenvalue weighted by atomic mass is 9.99. The van der Waals surface area contributed by atoms with E-state index in [1.165, 1.54) is 11.3 Å². The minimum atomic E-state index is -0.225. The molecule has 4 rings (SSSR count). The number of carbonyl (C=O) groups excluding carboxylic acids is 1. The van der Waals surface area contributed by atoms with E-state index in [0.29, 0.717) is 17.1 Å². The number of carbonyl (C=O) groups is 1. The molecular weight excluding hydrogens is 394 g/mol. The van der Waals surface area contributed by atoms with Crippen molar-refractivity contribution in [3.05, 3.63) is 78.2 Å². The third kappa shape index (κ3) is 3.65. The highest BCUT2D eigenvalue weighted by Gasteiger charge is 2.21. The van der Waals surface area contributed by atoms with Crippen LogP contribution in [0.2, 0.25) is 0 Å². The van der Waals surface area contributed by atoms with Gasteiger partial charge in [-0.25, -0.2) is 4.98 Å². The highest BCUT2D eigenvalue weighted by molar-refractivity contribution is 7.21. The normalized spacial score (nSPS) is 10.7. The van der Waals surface area contributed by atoms with E-state index < -0.39 is 0 Å². The second-order valence-electron chi connectivity index (χ2n) is 6.67. The van der Waals surface area contributed by atoms with Crippen LogP contribution in [0.5, 0.6) is 5.75 Å². The summed E-state index contributed by atoms with van der Waals surface area (Å²) in [6.07, 6.45) is 1.63. The third-order valence-electron chi connectivity index (χ3n) is 4.78. The average Bonchev–Trinajstić information content (AvgIpc) is 3.14. The number of nitrogens with two attached hydrogens (primary N) is 1. The van der Waals surface area contributed by atoms with Crippen molar-refractivity contribution in [3.63, 3.8) is 0 Å². The predicted molar refractivity (Wildman–Crippen MR) is 124 cm³/mol. The number of methoxy groups -OCH3 is 1. The highest BCUT2D eigenvalue weighted by atomic mass is 32.1. The standard InChI is InChI=1S/C24H21N3O2S/c1-3-13-26-23(28)22-21(25)20-18(15-9-11-17(29-2)12-10-15)14-19(27-24(20)30-22)16-7-5-4-6-8-16/h3-12,14H,1,13,25H2,2H3,(H,26,28). The Labute approximate surface area is 178 Å². The molecule has 0 saturated heterocycles. The van der Waals surface area contributed by atoms with Gasteiger partial charge in [0.1, 0.15) is 15.5 Å². The molecule has 2 heterocycles. The Bertz CT molecular complexity index is 1210. The molecule has 0 aliphatic heterocycles. The van der Waals surface area contributed by atoms with Crippen LogP contribution in [0.1, 0.15) is 9.67 Å². The molecule has 2 aromatic carbocycles. The Morgan fingerprint density at radius 2 is 1.90 bits per heavy atom. The molecule has 30 heavy (non-hydrogen) atoms. The van der Waals surface area contributed by atoms with Crippen molar-refractivity contribution < 1.29 is 9.53 Å². The van der Waals surface area contributed by atoms with Crippen molar-refractivity contribution in [1.82, 2.24) is 10.3 Å². The smallest absolute Gasteiger partial charge is 0.263 e. The minimum Gasteiger partial charge on any atom is -0.497 e. The first-order valence-corrected chi connectivity index (χ1v) is 10.3. The van der Waals surface area contributed by atoms with Crippen LogP contribution in [0.3, 0.4) is 0 Å². The zero-order valence-electron chi connectivity index (χ0n) is 16.5. The van der Waals surface area contributed by atoms with Crippen LogP contribution < -0.4 is 15.8 Å². The Balaban J connectivity index is 1.94. The first kappa shape index (κ1) is 19.7. The molecule has 0 radical (unpaired) electrons. The summed E-state index contributed by atoms with van der Waals surface area (Å²) in [5.41, 5.74) is 10.6. The van der Waals surface area contributed by atoms with Crippen molar-refractivity contribution in [1.29, 1.82) is 0 Å². The van der Waals surface area contributed by atoms with Crippen LogP contribution in [0, 0.1) is 0 Å². The van der Waals surface area contributed by atoms with Gasteiger partial charge >= 0.3 is 0 Å². The zero-order valence-corrected chi connectivity index (χ0v) is 17.3. The van der Waals surface area contributed by atoms with E-state index in [0.717, 1.165) is 38.4 Å².